The van der Waals surface area contributed by atoms with E-state index < -0.39 is 0 Å². The van der Waals surface area contributed by atoms with Gasteiger partial charge in [-0.2, -0.15) is 0 Å². The summed E-state index contributed by atoms with van der Waals surface area (Å²) in [6.45, 7) is 4.28. The Hall–Kier alpha value is -2.76. The van der Waals surface area contributed by atoms with E-state index in [0.29, 0.717) is 16.8 Å². The van der Waals surface area contributed by atoms with E-state index in [0.717, 1.165) is 53.0 Å². The highest BCUT2D eigenvalue weighted by Crippen LogP contribution is 2.34. The van der Waals surface area contributed by atoms with E-state index in [1.54, 1.807) is 12.1 Å². The van der Waals surface area contributed by atoms with E-state index in [1.165, 1.54) is 5.56 Å². The number of halogens is 1. The van der Waals surface area contributed by atoms with E-state index in [9.17, 15) is 9.90 Å². The van der Waals surface area contributed by atoms with Crippen molar-refractivity contribution in [2.45, 2.75) is 46.1 Å². The molecule has 0 saturated heterocycles. The number of anilines is 1. The van der Waals surface area contributed by atoms with Gasteiger partial charge in [0, 0.05) is 10.6 Å². The molecule has 6 heteroatoms. The number of rotatable bonds is 6. The summed E-state index contributed by atoms with van der Waals surface area (Å²) in [7, 11) is 0. The predicted octanol–water partition coefficient (Wildman–Crippen LogP) is 4.77. The number of carbonyl (C=O) groups excluding carboxylic acids is 1. The fourth-order valence-electron chi connectivity index (χ4n) is 3.92. The van der Waals surface area contributed by atoms with Crippen LogP contribution >= 0.6 is 11.6 Å². The lowest BCUT2D eigenvalue weighted by Gasteiger charge is -2.22. The molecule has 3 aromatic rings. The van der Waals surface area contributed by atoms with Crippen LogP contribution in [-0.2, 0) is 37.1 Å². The molecule has 4 rings (SSSR count). The van der Waals surface area contributed by atoms with Gasteiger partial charge in [-0.05, 0) is 54.0 Å². The second-order valence-corrected chi connectivity index (χ2v) is 8.85. The van der Waals surface area contributed by atoms with Crippen LogP contribution in [0.1, 0.15) is 41.9 Å². The van der Waals surface area contributed by atoms with Gasteiger partial charge in [0.25, 0.3) is 0 Å². The van der Waals surface area contributed by atoms with Crippen LogP contribution in [0, 0.1) is 5.92 Å². The Morgan fingerprint density at radius 2 is 1.84 bits per heavy atom. The number of nitrogens with one attached hydrogen (secondary N) is 1. The second kappa shape index (κ2) is 9.16. The Kier molecular flexibility index (Phi) is 6.35. The van der Waals surface area contributed by atoms with Crippen molar-refractivity contribution < 1.29 is 9.90 Å². The zero-order valence-electron chi connectivity index (χ0n) is 17.8. The molecule has 1 heterocycles. The molecule has 1 aromatic heterocycles. The summed E-state index contributed by atoms with van der Waals surface area (Å²) in [6, 6.07) is 13.3. The Bertz CT molecular complexity index is 1110. The summed E-state index contributed by atoms with van der Waals surface area (Å²) in [4.78, 5) is 22.5. The largest absolute Gasteiger partial charge is 0.392 e. The molecule has 0 atom stereocenters. The third kappa shape index (κ3) is 4.94. The zero-order valence-corrected chi connectivity index (χ0v) is 18.5. The molecule has 160 valence electrons. The molecule has 0 spiro atoms. The summed E-state index contributed by atoms with van der Waals surface area (Å²) in [6.07, 6.45) is 2.57. The maximum absolute atomic E-state index is 12.7. The number of carbonyl (C=O) groups is 1. The van der Waals surface area contributed by atoms with Gasteiger partial charge in [0.1, 0.15) is 0 Å². The number of hydrogen-bond acceptors (Lipinski definition) is 4. The molecule has 1 amide bonds. The van der Waals surface area contributed by atoms with Crippen LogP contribution in [0.2, 0.25) is 5.02 Å². The third-order valence-electron chi connectivity index (χ3n) is 5.42. The lowest BCUT2D eigenvalue weighted by Crippen LogP contribution is -2.20. The number of amides is 1. The lowest BCUT2D eigenvalue weighted by molar-refractivity contribution is -0.115. The summed E-state index contributed by atoms with van der Waals surface area (Å²) in [5.74, 6) is 0.811. The first kappa shape index (κ1) is 21.5. The van der Waals surface area contributed by atoms with Gasteiger partial charge in [-0.1, -0.05) is 55.8 Å². The standard InChI is InChI=1S/C25H26ClN3O2/c1-15(2)11-22-25(29-23(31)13-16-3-7-19(26)8-4-16)28-21-10-6-18-12-17(14-30)5-9-20(18)24(21)27-22/h3-5,7-9,12,15,30H,6,10-11,13-14H2,1-2H3,(H,28,29,31). The topological polar surface area (TPSA) is 75.1 Å². The van der Waals surface area contributed by atoms with Crippen LogP contribution in [-0.4, -0.2) is 21.0 Å². The van der Waals surface area contributed by atoms with E-state index >= 15 is 0 Å². The minimum absolute atomic E-state index is 0.0308. The molecule has 0 aliphatic heterocycles. The predicted molar refractivity (Wildman–Crippen MR) is 123 cm³/mol. The lowest BCUT2D eigenvalue weighted by atomic mass is 9.90. The van der Waals surface area contributed by atoms with Crippen molar-refractivity contribution >= 4 is 23.3 Å². The van der Waals surface area contributed by atoms with Crippen molar-refractivity contribution in [3.63, 3.8) is 0 Å². The van der Waals surface area contributed by atoms with E-state index in [1.807, 2.05) is 30.3 Å². The normalized spacial score (nSPS) is 12.4. The third-order valence-corrected chi connectivity index (χ3v) is 5.67. The molecular formula is C25H26ClN3O2. The molecule has 2 aromatic carbocycles. The number of aromatic nitrogens is 2. The summed E-state index contributed by atoms with van der Waals surface area (Å²) < 4.78 is 0. The first-order valence-electron chi connectivity index (χ1n) is 10.6. The van der Waals surface area contributed by atoms with Crippen molar-refractivity contribution in [1.82, 2.24) is 9.97 Å². The van der Waals surface area contributed by atoms with Gasteiger partial charge in [-0.15, -0.1) is 0 Å². The van der Waals surface area contributed by atoms with Crippen molar-refractivity contribution in [1.29, 1.82) is 0 Å². The Balaban J connectivity index is 1.65. The van der Waals surface area contributed by atoms with Crippen LogP contribution in [0.3, 0.4) is 0 Å². The summed E-state index contributed by atoms with van der Waals surface area (Å²) in [5.41, 5.74) is 6.64. The smallest absolute Gasteiger partial charge is 0.229 e. The van der Waals surface area contributed by atoms with Crippen LogP contribution < -0.4 is 5.32 Å². The highest BCUT2D eigenvalue weighted by molar-refractivity contribution is 6.30. The minimum Gasteiger partial charge on any atom is -0.392 e. The van der Waals surface area contributed by atoms with Gasteiger partial charge in [-0.3, -0.25) is 4.79 Å². The Labute approximate surface area is 187 Å². The van der Waals surface area contributed by atoms with Gasteiger partial charge >= 0.3 is 0 Å². The number of aliphatic hydroxyl groups excluding tert-OH is 1. The second-order valence-electron chi connectivity index (χ2n) is 8.41. The van der Waals surface area contributed by atoms with Crippen LogP contribution in [0.15, 0.2) is 42.5 Å². The quantitative estimate of drug-likeness (QED) is 0.585. The molecule has 1 aliphatic rings. The molecule has 2 N–H and O–H groups in total. The molecule has 0 saturated carbocycles. The van der Waals surface area contributed by atoms with Crippen molar-refractivity contribution in [3.05, 3.63) is 75.6 Å². The number of nitrogens with zero attached hydrogens (tertiary/aromatic N) is 2. The SMILES string of the molecule is CC(C)Cc1nc2c(nc1NC(=O)Cc1ccc(Cl)cc1)CCc1cc(CO)ccc1-2. The summed E-state index contributed by atoms with van der Waals surface area (Å²) in [5, 5.41) is 13.1. The Morgan fingerprint density at radius 3 is 2.55 bits per heavy atom. The monoisotopic (exact) mass is 435 g/mol. The van der Waals surface area contributed by atoms with Gasteiger partial charge < -0.3 is 10.4 Å². The summed E-state index contributed by atoms with van der Waals surface area (Å²) >= 11 is 5.94. The molecule has 0 radical (unpaired) electrons. The van der Waals surface area contributed by atoms with E-state index in [4.69, 9.17) is 21.6 Å². The van der Waals surface area contributed by atoms with Crippen LogP contribution in [0.25, 0.3) is 11.3 Å². The average molecular weight is 436 g/mol. The number of hydrogen-bond donors (Lipinski definition) is 2. The molecule has 5 nitrogen and oxygen atoms in total. The van der Waals surface area contributed by atoms with Gasteiger partial charge in [0.05, 0.1) is 30.1 Å². The molecule has 0 unspecified atom stereocenters. The van der Waals surface area contributed by atoms with Gasteiger partial charge in [0.2, 0.25) is 5.91 Å². The fraction of sp³-hybridized carbons (Fsp3) is 0.320. The van der Waals surface area contributed by atoms with E-state index in [2.05, 4.69) is 19.2 Å². The number of aliphatic hydroxyl groups is 1. The number of aryl methyl sites for hydroxylation is 2. The zero-order chi connectivity index (χ0) is 22.0. The molecular weight excluding hydrogens is 410 g/mol. The van der Waals surface area contributed by atoms with Gasteiger partial charge in [-0.25, -0.2) is 9.97 Å². The molecule has 1 aliphatic carbocycles. The molecule has 0 fully saturated rings. The highest BCUT2D eigenvalue weighted by atomic mass is 35.5. The molecule has 0 bridgehead atoms. The van der Waals surface area contributed by atoms with Gasteiger partial charge in [0.15, 0.2) is 5.82 Å². The maximum atomic E-state index is 12.7. The minimum atomic E-state index is -0.120. The van der Waals surface area contributed by atoms with Crippen LogP contribution in [0.5, 0.6) is 0 Å². The first-order chi connectivity index (χ1) is 14.9. The van der Waals surface area contributed by atoms with Crippen molar-refractivity contribution in [3.8, 4) is 11.3 Å². The number of fused-ring (bicyclic) bond motifs is 3. The van der Waals surface area contributed by atoms with E-state index in [-0.39, 0.29) is 18.9 Å². The average Bonchev–Trinajstić information content (AvgIpc) is 2.75. The van der Waals surface area contributed by atoms with Crippen molar-refractivity contribution in [2.75, 3.05) is 5.32 Å². The Morgan fingerprint density at radius 1 is 1.10 bits per heavy atom. The first-order valence-corrected chi connectivity index (χ1v) is 11.0. The fourth-order valence-corrected chi connectivity index (χ4v) is 4.05. The molecule has 31 heavy (non-hydrogen) atoms. The highest BCUT2D eigenvalue weighted by Gasteiger charge is 2.23. The number of benzene rings is 2. The van der Waals surface area contributed by atoms with Crippen molar-refractivity contribution in [2.24, 2.45) is 5.92 Å². The van der Waals surface area contributed by atoms with Crippen LogP contribution in [0.4, 0.5) is 5.82 Å². The maximum Gasteiger partial charge on any atom is 0.229 e.